The number of nitrogens with one attached hydrogen (secondary N) is 1. The zero-order valence-electron chi connectivity index (χ0n) is 13.2. The molecule has 1 heterocycles. The van der Waals surface area contributed by atoms with Gasteiger partial charge in [-0.3, -0.25) is 4.79 Å². The highest BCUT2D eigenvalue weighted by Gasteiger charge is 2.18. The van der Waals surface area contributed by atoms with Gasteiger partial charge in [-0.1, -0.05) is 19.3 Å². The van der Waals surface area contributed by atoms with Crippen LogP contribution in [0.5, 0.6) is 5.75 Å². The Morgan fingerprint density at radius 3 is 2.45 bits per heavy atom. The molecule has 120 valence electrons. The molecule has 1 aliphatic heterocycles. The molecule has 1 aromatic carbocycles. The Hall–Kier alpha value is -1.55. The van der Waals surface area contributed by atoms with Crippen molar-refractivity contribution in [2.24, 2.45) is 5.92 Å². The zero-order valence-corrected chi connectivity index (χ0v) is 13.2. The van der Waals surface area contributed by atoms with Gasteiger partial charge in [0.1, 0.15) is 5.75 Å². The van der Waals surface area contributed by atoms with Crippen LogP contribution in [-0.4, -0.2) is 43.6 Å². The minimum absolute atomic E-state index is 0.125. The zero-order chi connectivity index (χ0) is 15.2. The first-order chi connectivity index (χ1) is 10.8. The number of carbonyl (C=O) groups is 1. The van der Waals surface area contributed by atoms with Crippen LogP contribution in [0.25, 0.3) is 0 Å². The van der Waals surface area contributed by atoms with Crippen LogP contribution in [0.2, 0.25) is 0 Å². The van der Waals surface area contributed by atoms with E-state index in [-0.39, 0.29) is 5.91 Å². The van der Waals surface area contributed by atoms with Crippen molar-refractivity contribution >= 4 is 5.91 Å². The van der Waals surface area contributed by atoms with Gasteiger partial charge in [-0.15, -0.1) is 0 Å². The summed E-state index contributed by atoms with van der Waals surface area (Å²) in [5.41, 5.74) is 0.756. The summed E-state index contributed by atoms with van der Waals surface area (Å²) in [6.07, 6.45) is 6.64. The minimum Gasteiger partial charge on any atom is -0.493 e. The topological polar surface area (TPSA) is 41.6 Å². The van der Waals surface area contributed by atoms with Gasteiger partial charge in [0.25, 0.3) is 5.91 Å². The molecule has 4 nitrogen and oxygen atoms in total. The number of ether oxygens (including phenoxy) is 1. The molecule has 0 atom stereocenters. The standard InChI is InChI=1S/C18H26N2O2/c21-18(20-12-10-19-11-13-20)16-6-8-17(9-7-16)22-14-15-4-2-1-3-5-15/h6-9,15,19H,1-5,10-14H2. The first-order valence-corrected chi connectivity index (χ1v) is 8.56. The van der Waals surface area contributed by atoms with Crippen LogP contribution in [0.15, 0.2) is 24.3 Å². The van der Waals surface area contributed by atoms with Crippen LogP contribution in [0.4, 0.5) is 0 Å². The molecule has 2 fully saturated rings. The van der Waals surface area contributed by atoms with Gasteiger partial charge < -0.3 is 15.0 Å². The smallest absolute Gasteiger partial charge is 0.253 e. The van der Waals surface area contributed by atoms with Crippen molar-refractivity contribution in [2.45, 2.75) is 32.1 Å². The lowest BCUT2D eigenvalue weighted by molar-refractivity contribution is 0.0736. The summed E-state index contributed by atoms with van der Waals surface area (Å²) in [6.45, 7) is 4.16. The van der Waals surface area contributed by atoms with E-state index in [0.29, 0.717) is 5.92 Å². The Labute approximate surface area is 132 Å². The molecule has 1 amide bonds. The molecule has 2 aliphatic rings. The Morgan fingerprint density at radius 2 is 1.77 bits per heavy atom. The highest BCUT2D eigenvalue weighted by atomic mass is 16.5. The molecule has 0 unspecified atom stereocenters. The lowest BCUT2D eigenvalue weighted by atomic mass is 9.90. The Morgan fingerprint density at radius 1 is 1.09 bits per heavy atom. The summed E-state index contributed by atoms with van der Waals surface area (Å²) in [6, 6.07) is 7.64. The molecule has 1 saturated heterocycles. The number of nitrogens with zero attached hydrogens (tertiary/aromatic N) is 1. The molecular formula is C18H26N2O2. The van der Waals surface area contributed by atoms with Gasteiger partial charge in [-0.05, 0) is 43.0 Å². The molecule has 1 saturated carbocycles. The number of carbonyl (C=O) groups excluding carboxylic acids is 1. The third-order valence-corrected chi connectivity index (χ3v) is 4.72. The maximum Gasteiger partial charge on any atom is 0.253 e. The maximum atomic E-state index is 12.4. The number of benzene rings is 1. The van der Waals surface area contributed by atoms with Gasteiger partial charge in [-0.2, -0.15) is 0 Å². The van der Waals surface area contributed by atoms with Gasteiger partial charge in [-0.25, -0.2) is 0 Å². The second-order valence-corrected chi connectivity index (χ2v) is 6.38. The largest absolute Gasteiger partial charge is 0.493 e. The summed E-state index contributed by atoms with van der Waals surface area (Å²) < 4.78 is 5.89. The van der Waals surface area contributed by atoms with Crippen molar-refractivity contribution in [3.05, 3.63) is 29.8 Å². The van der Waals surface area contributed by atoms with Crippen LogP contribution < -0.4 is 10.1 Å². The van der Waals surface area contributed by atoms with Crippen LogP contribution in [0.1, 0.15) is 42.5 Å². The first-order valence-electron chi connectivity index (χ1n) is 8.56. The van der Waals surface area contributed by atoms with Crippen molar-refractivity contribution in [2.75, 3.05) is 32.8 Å². The summed E-state index contributed by atoms with van der Waals surface area (Å²) in [7, 11) is 0. The predicted octanol–water partition coefficient (Wildman–Crippen LogP) is 2.69. The van der Waals surface area contributed by atoms with Crippen molar-refractivity contribution < 1.29 is 9.53 Å². The van der Waals surface area contributed by atoms with Crippen molar-refractivity contribution in [1.82, 2.24) is 10.2 Å². The number of rotatable bonds is 4. The number of amides is 1. The molecule has 1 aromatic rings. The lowest BCUT2D eigenvalue weighted by Crippen LogP contribution is -2.46. The van der Waals surface area contributed by atoms with Crippen molar-refractivity contribution in [3.8, 4) is 5.75 Å². The van der Waals surface area contributed by atoms with Crippen LogP contribution >= 0.6 is 0 Å². The molecule has 0 bridgehead atoms. The van der Waals surface area contributed by atoms with E-state index in [2.05, 4.69) is 5.32 Å². The van der Waals surface area contributed by atoms with E-state index in [1.807, 2.05) is 29.2 Å². The molecule has 0 aromatic heterocycles. The van der Waals surface area contributed by atoms with Crippen LogP contribution in [0, 0.1) is 5.92 Å². The number of piperazine rings is 1. The fourth-order valence-corrected chi connectivity index (χ4v) is 3.31. The fraction of sp³-hybridized carbons (Fsp3) is 0.611. The monoisotopic (exact) mass is 302 g/mol. The summed E-state index contributed by atoms with van der Waals surface area (Å²) >= 11 is 0. The molecule has 4 heteroatoms. The van der Waals surface area contributed by atoms with Crippen LogP contribution in [-0.2, 0) is 0 Å². The number of hydrogen-bond acceptors (Lipinski definition) is 3. The van der Waals surface area contributed by atoms with Gasteiger partial charge in [0.2, 0.25) is 0 Å². The summed E-state index contributed by atoms with van der Waals surface area (Å²) in [5.74, 6) is 1.71. The molecule has 1 N–H and O–H groups in total. The van der Waals surface area contributed by atoms with E-state index >= 15 is 0 Å². The Kier molecular flexibility index (Phi) is 5.33. The van der Waals surface area contributed by atoms with Gasteiger partial charge in [0.15, 0.2) is 0 Å². The second-order valence-electron chi connectivity index (χ2n) is 6.38. The summed E-state index contributed by atoms with van der Waals surface area (Å²) in [5, 5.41) is 3.26. The van der Waals surface area contributed by atoms with Crippen molar-refractivity contribution in [3.63, 3.8) is 0 Å². The lowest BCUT2D eigenvalue weighted by Gasteiger charge is -2.27. The third kappa shape index (κ3) is 4.01. The molecule has 22 heavy (non-hydrogen) atoms. The Balaban J connectivity index is 1.51. The number of hydrogen-bond donors (Lipinski definition) is 1. The van der Waals surface area contributed by atoms with Crippen LogP contribution in [0.3, 0.4) is 0 Å². The van der Waals surface area contributed by atoms with Gasteiger partial charge >= 0.3 is 0 Å². The van der Waals surface area contributed by atoms with Crippen molar-refractivity contribution in [1.29, 1.82) is 0 Å². The average molecular weight is 302 g/mol. The highest BCUT2D eigenvalue weighted by molar-refractivity contribution is 5.94. The predicted molar refractivity (Wildman–Crippen MR) is 87.3 cm³/mol. The fourth-order valence-electron chi connectivity index (χ4n) is 3.31. The molecule has 0 radical (unpaired) electrons. The normalized spacial score (nSPS) is 19.9. The molecule has 1 aliphatic carbocycles. The molecule has 0 spiro atoms. The first kappa shape index (κ1) is 15.3. The minimum atomic E-state index is 0.125. The highest BCUT2D eigenvalue weighted by Crippen LogP contribution is 2.24. The Bertz CT molecular complexity index is 474. The average Bonchev–Trinajstić information content (AvgIpc) is 2.61. The van der Waals surface area contributed by atoms with E-state index in [0.717, 1.165) is 44.1 Å². The van der Waals surface area contributed by atoms with E-state index in [4.69, 9.17) is 4.74 Å². The van der Waals surface area contributed by atoms with E-state index in [9.17, 15) is 4.79 Å². The molecule has 3 rings (SSSR count). The molecular weight excluding hydrogens is 276 g/mol. The third-order valence-electron chi connectivity index (χ3n) is 4.72. The summed E-state index contributed by atoms with van der Waals surface area (Å²) in [4.78, 5) is 14.3. The van der Waals surface area contributed by atoms with E-state index in [1.54, 1.807) is 0 Å². The quantitative estimate of drug-likeness (QED) is 0.930. The van der Waals surface area contributed by atoms with E-state index in [1.165, 1.54) is 32.1 Å². The SMILES string of the molecule is O=C(c1ccc(OCC2CCCCC2)cc1)N1CCNCC1. The van der Waals surface area contributed by atoms with Gasteiger partial charge in [0.05, 0.1) is 6.61 Å². The van der Waals surface area contributed by atoms with Gasteiger partial charge in [0, 0.05) is 31.7 Å². The maximum absolute atomic E-state index is 12.4. The second kappa shape index (κ2) is 7.63. The van der Waals surface area contributed by atoms with E-state index < -0.39 is 0 Å².